The van der Waals surface area contributed by atoms with E-state index in [9.17, 15) is 13.2 Å². The van der Waals surface area contributed by atoms with Crippen molar-refractivity contribution in [2.45, 2.75) is 18.2 Å². The molecule has 2 rings (SSSR count). The molecule has 0 aromatic carbocycles. The molecule has 1 aromatic heterocycles. The van der Waals surface area contributed by atoms with Crippen LogP contribution in [-0.4, -0.2) is 57.1 Å². The van der Waals surface area contributed by atoms with Gasteiger partial charge in [0.15, 0.2) is 10.9 Å². The average molecular weight is 285 g/mol. The number of nitriles is 1. The van der Waals surface area contributed by atoms with Gasteiger partial charge in [0.05, 0.1) is 18.3 Å². The van der Waals surface area contributed by atoms with Crippen LogP contribution < -0.4 is 0 Å². The van der Waals surface area contributed by atoms with Crippen molar-refractivity contribution in [3.63, 3.8) is 0 Å². The Labute approximate surface area is 109 Å². The molecule has 1 aliphatic heterocycles. The van der Waals surface area contributed by atoms with Crippen molar-refractivity contribution in [3.05, 3.63) is 11.9 Å². The van der Waals surface area contributed by atoms with Gasteiger partial charge in [-0.3, -0.25) is 0 Å². The minimum atomic E-state index is -3.61. The molecule has 1 N–H and O–H groups in total. The largest absolute Gasteiger partial charge is 0.476 e. The van der Waals surface area contributed by atoms with Crippen LogP contribution in [0, 0.1) is 11.3 Å². The van der Waals surface area contributed by atoms with Gasteiger partial charge in [-0.25, -0.2) is 17.9 Å². The Morgan fingerprint density at radius 3 is 2.74 bits per heavy atom. The number of nitrogens with zero attached hydrogens (tertiary/aromatic N) is 5. The first kappa shape index (κ1) is 13.4. The second-order valence-corrected chi connectivity index (χ2v) is 6.43. The summed E-state index contributed by atoms with van der Waals surface area (Å²) in [7, 11) is -3.61. The first-order chi connectivity index (χ1) is 8.86. The van der Waals surface area contributed by atoms with Crippen molar-refractivity contribution in [1.29, 1.82) is 5.26 Å². The molecule has 1 atom stereocenters. The molecule has 10 heteroatoms. The molecular weight excluding hydrogens is 274 g/mol. The quantitative estimate of drug-likeness (QED) is 0.756. The van der Waals surface area contributed by atoms with Gasteiger partial charge in [0, 0.05) is 13.1 Å². The fourth-order valence-electron chi connectivity index (χ4n) is 1.64. The van der Waals surface area contributed by atoms with Crippen LogP contribution in [0.1, 0.15) is 23.5 Å². The Hall–Kier alpha value is -1.99. The zero-order chi connectivity index (χ0) is 14.2. The van der Waals surface area contributed by atoms with Crippen molar-refractivity contribution >= 4 is 16.0 Å². The van der Waals surface area contributed by atoms with E-state index in [1.54, 1.807) is 6.07 Å². The van der Waals surface area contributed by atoms with Crippen molar-refractivity contribution in [3.8, 4) is 6.07 Å². The number of hydrogen-bond acceptors (Lipinski definition) is 6. The number of aromatic nitrogens is 3. The highest BCUT2D eigenvalue weighted by Gasteiger charge is 2.40. The molecule has 2 heterocycles. The molecule has 19 heavy (non-hydrogen) atoms. The van der Waals surface area contributed by atoms with Gasteiger partial charge in [0.1, 0.15) is 0 Å². The molecular formula is C9H11N5O4S. The summed E-state index contributed by atoms with van der Waals surface area (Å²) < 4.78 is 26.1. The summed E-state index contributed by atoms with van der Waals surface area (Å²) in [6.07, 6.45) is 1.25. The summed E-state index contributed by atoms with van der Waals surface area (Å²) in [6.45, 7) is 1.65. The van der Waals surface area contributed by atoms with E-state index in [1.807, 2.05) is 0 Å². The summed E-state index contributed by atoms with van der Waals surface area (Å²) in [5.41, 5.74) is -0.188. The summed E-state index contributed by atoms with van der Waals surface area (Å²) >= 11 is 0. The lowest BCUT2D eigenvalue weighted by Crippen LogP contribution is -2.53. The molecule has 1 aliphatic rings. The van der Waals surface area contributed by atoms with Crippen LogP contribution in [0.15, 0.2) is 6.20 Å². The van der Waals surface area contributed by atoms with Gasteiger partial charge in [-0.05, 0) is 6.92 Å². The third-order valence-electron chi connectivity index (χ3n) is 2.92. The summed E-state index contributed by atoms with van der Waals surface area (Å²) in [5, 5.41) is 23.3. The van der Waals surface area contributed by atoms with E-state index in [0.717, 1.165) is 0 Å². The van der Waals surface area contributed by atoms with Gasteiger partial charge in [0.25, 0.3) is 0 Å². The van der Waals surface area contributed by atoms with Crippen LogP contribution in [0.5, 0.6) is 0 Å². The maximum absolute atomic E-state index is 11.8. The third-order valence-corrected chi connectivity index (χ3v) is 4.94. The van der Waals surface area contributed by atoms with Crippen molar-refractivity contribution in [2.24, 2.45) is 0 Å². The fraction of sp³-hybridized carbons (Fsp3) is 0.556. The van der Waals surface area contributed by atoms with E-state index >= 15 is 0 Å². The second kappa shape index (κ2) is 4.60. The molecule has 0 bridgehead atoms. The standard InChI is InChI=1S/C9H11N5O4S/c1-6(2-10)19(17,18)13-3-7(4-13)14-5-8(9(15)16)11-12-14/h5-7H,3-4H2,1H3,(H,15,16). The molecule has 1 fully saturated rings. The molecule has 1 saturated heterocycles. The second-order valence-electron chi connectivity index (χ2n) is 4.18. The highest BCUT2D eigenvalue weighted by molar-refractivity contribution is 7.90. The van der Waals surface area contributed by atoms with Gasteiger partial charge < -0.3 is 5.11 Å². The third kappa shape index (κ3) is 2.29. The summed E-state index contributed by atoms with van der Waals surface area (Å²) in [6, 6.07) is 1.44. The van der Waals surface area contributed by atoms with Gasteiger partial charge in [-0.1, -0.05) is 5.21 Å². The smallest absolute Gasteiger partial charge is 0.358 e. The predicted molar refractivity (Wildman–Crippen MR) is 61.6 cm³/mol. The number of aromatic carboxylic acids is 1. The number of carboxylic acids is 1. The Morgan fingerprint density at radius 1 is 1.63 bits per heavy atom. The number of hydrogen-bond donors (Lipinski definition) is 1. The summed E-state index contributed by atoms with van der Waals surface area (Å²) in [5.74, 6) is -1.19. The van der Waals surface area contributed by atoms with E-state index in [1.165, 1.54) is 22.1 Å². The zero-order valence-electron chi connectivity index (χ0n) is 9.96. The number of rotatable bonds is 4. The molecule has 9 nitrogen and oxygen atoms in total. The van der Waals surface area contributed by atoms with E-state index in [-0.39, 0.29) is 24.8 Å². The number of carbonyl (C=O) groups is 1. The van der Waals surface area contributed by atoms with Crippen LogP contribution in [0.2, 0.25) is 0 Å². The van der Waals surface area contributed by atoms with Crippen LogP contribution in [0.3, 0.4) is 0 Å². The number of carboxylic acid groups (broad SMARTS) is 1. The molecule has 0 radical (unpaired) electrons. The van der Waals surface area contributed by atoms with E-state index in [2.05, 4.69) is 10.3 Å². The highest BCUT2D eigenvalue weighted by atomic mass is 32.2. The SMILES string of the molecule is CC(C#N)S(=O)(=O)N1CC(n2cc(C(=O)O)nn2)C1. The minimum absolute atomic E-state index is 0.163. The van der Waals surface area contributed by atoms with Crippen LogP contribution >= 0.6 is 0 Å². The molecule has 102 valence electrons. The van der Waals surface area contributed by atoms with Crippen LogP contribution in [-0.2, 0) is 10.0 Å². The Kier molecular flexibility index (Phi) is 3.25. The lowest BCUT2D eigenvalue weighted by Gasteiger charge is -2.38. The van der Waals surface area contributed by atoms with Gasteiger partial charge in [-0.2, -0.15) is 9.57 Å². The molecule has 0 aliphatic carbocycles. The predicted octanol–water partition coefficient (Wildman–Crippen LogP) is -0.925. The Bertz CT molecular complexity index is 640. The van der Waals surface area contributed by atoms with Gasteiger partial charge in [-0.15, -0.1) is 5.10 Å². The summed E-state index contributed by atoms with van der Waals surface area (Å²) in [4.78, 5) is 10.6. The number of sulfonamides is 1. The molecule has 0 amide bonds. The van der Waals surface area contributed by atoms with E-state index in [0.29, 0.717) is 0 Å². The van der Waals surface area contributed by atoms with Crippen molar-refractivity contribution in [2.75, 3.05) is 13.1 Å². The molecule has 0 spiro atoms. The first-order valence-electron chi connectivity index (χ1n) is 5.40. The first-order valence-corrected chi connectivity index (χ1v) is 6.90. The topological polar surface area (TPSA) is 129 Å². The van der Waals surface area contributed by atoms with Crippen LogP contribution in [0.4, 0.5) is 0 Å². The van der Waals surface area contributed by atoms with E-state index in [4.69, 9.17) is 10.4 Å². The fourth-order valence-corrected chi connectivity index (χ4v) is 2.98. The minimum Gasteiger partial charge on any atom is -0.476 e. The van der Waals surface area contributed by atoms with Crippen LogP contribution in [0.25, 0.3) is 0 Å². The monoisotopic (exact) mass is 285 g/mol. The molecule has 0 saturated carbocycles. The lowest BCUT2D eigenvalue weighted by molar-refractivity contribution is 0.0690. The molecule has 1 aromatic rings. The Morgan fingerprint density at radius 2 is 2.26 bits per heavy atom. The maximum atomic E-state index is 11.8. The lowest BCUT2D eigenvalue weighted by atomic mass is 10.2. The van der Waals surface area contributed by atoms with E-state index < -0.39 is 21.2 Å². The van der Waals surface area contributed by atoms with Gasteiger partial charge in [0.2, 0.25) is 10.0 Å². The normalized spacial score (nSPS) is 18.5. The van der Waals surface area contributed by atoms with Crippen molar-refractivity contribution in [1.82, 2.24) is 19.3 Å². The average Bonchev–Trinajstić information content (AvgIpc) is 2.74. The Balaban J connectivity index is 2.04. The maximum Gasteiger partial charge on any atom is 0.358 e. The zero-order valence-corrected chi connectivity index (χ0v) is 10.8. The highest BCUT2D eigenvalue weighted by Crippen LogP contribution is 2.25. The molecule has 1 unspecified atom stereocenters. The van der Waals surface area contributed by atoms with Crippen molar-refractivity contribution < 1.29 is 18.3 Å². The van der Waals surface area contributed by atoms with Gasteiger partial charge >= 0.3 is 5.97 Å².